The maximum absolute atomic E-state index is 12.1. The molecule has 12 nitrogen and oxygen atoms in total. The summed E-state index contributed by atoms with van der Waals surface area (Å²) < 4.78 is 0. The normalized spacial score (nSPS) is 11.7. The van der Waals surface area contributed by atoms with Gasteiger partial charge < -0.3 is 30.4 Å². The topological polar surface area (TPSA) is 207 Å². The molecule has 3 aromatic heterocycles. The molecule has 0 aliphatic carbocycles. The van der Waals surface area contributed by atoms with Crippen LogP contribution in [0.15, 0.2) is 24.3 Å². The summed E-state index contributed by atoms with van der Waals surface area (Å²) in [5.74, 6) is -5.50. The average Bonchev–Trinajstić information content (AvgIpc) is 3.57. The molecule has 0 spiro atoms. The first-order chi connectivity index (χ1) is 17.2. The summed E-state index contributed by atoms with van der Waals surface area (Å²) in [5.41, 5.74) is -1.38. The van der Waals surface area contributed by atoms with Crippen LogP contribution in [0.1, 0.15) is 64.2 Å². The van der Waals surface area contributed by atoms with E-state index in [9.17, 15) is 39.6 Å². The first-order valence-electron chi connectivity index (χ1n) is 10.2. The summed E-state index contributed by atoms with van der Waals surface area (Å²) in [6, 6.07) is 5.45. The molecular formula is C24H14CoN4O8. The Balaban J connectivity index is 0.00000320. The summed E-state index contributed by atoms with van der Waals surface area (Å²) in [7, 11) is 0. The molecule has 2 aliphatic heterocycles. The Morgan fingerprint density at radius 2 is 0.757 bits per heavy atom. The molecule has 0 fully saturated rings. The van der Waals surface area contributed by atoms with Crippen LogP contribution in [-0.2, 0) is 16.8 Å². The smallest absolute Gasteiger partial charge is 0.340 e. The van der Waals surface area contributed by atoms with E-state index < -0.39 is 23.9 Å². The van der Waals surface area contributed by atoms with Gasteiger partial charge in [-0.25, -0.2) is 29.1 Å². The van der Waals surface area contributed by atoms with Crippen LogP contribution in [0.25, 0.3) is 46.4 Å². The predicted octanol–water partition coefficient (Wildman–Crippen LogP) is 3.45. The molecule has 0 amide bonds. The molecule has 0 unspecified atom stereocenters. The van der Waals surface area contributed by atoms with Gasteiger partial charge in [-0.3, -0.25) is 0 Å². The molecule has 8 bridgehead atoms. The quantitative estimate of drug-likeness (QED) is 0.194. The summed E-state index contributed by atoms with van der Waals surface area (Å²) >= 11 is 0. The number of carboxylic acid groups (broad SMARTS) is 4. The number of hydrogen-bond acceptors (Lipinski definition) is 6. The number of nitrogens with one attached hydrogen (secondary N) is 2. The molecule has 0 saturated heterocycles. The number of nitrogens with zero attached hydrogens (tertiary/aromatic N) is 2. The van der Waals surface area contributed by atoms with Crippen LogP contribution in [0.5, 0.6) is 0 Å². The molecular weight excluding hydrogens is 531 g/mol. The van der Waals surface area contributed by atoms with Crippen LogP contribution in [0, 0.1) is 0 Å². The third-order valence-corrected chi connectivity index (χ3v) is 5.61. The number of hydrogen-bond donors (Lipinski definition) is 6. The molecule has 187 valence electrons. The second-order valence-corrected chi connectivity index (χ2v) is 7.72. The second kappa shape index (κ2) is 9.22. The molecule has 5 rings (SSSR count). The van der Waals surface area contributed by atoms with Crippen LogP contribution in [-0.4, -0.2) is 64.2 Å². The number of aromatic nitrogens is 4. The Bertz CT molecular complexity index is 1650. The minimum atomic E-state index is -1.40. The maximum Gasteiger partial charge on any atom is 0.340 e. The minimum Gasteiger partial charge on any atom is -0.478 e. The fraction of sp³-hybridized carbons (Fsp3) is 0. The molecule has 3 aromatic rings. The standard InChI is InChI=1S/C24H14N4O8.Co/c29-21(30)17-9-1-2-10(25-9)18(22(31)32)12-5-6-14(27-12)20(24(35)36)16-8-7-15(28-16)19(23(33)34)13-4-3-11(17)26-13;/h1-8,25-26H,(H,29,30)(H,31,32)(H,33,34)(H,35,36);. The van der Waals surface area contributed by atoms with Crippen molar-refractivity contribution in [2.75, 3.05) is 0 Å². The number of H-pyrrole nitrogens is 2. The van der Waals surface area contributed by atoms with E-state index in [1.54, 1.807) is 0 Å². The van der Waals surface area contributed by atoms with Gasteiger partial charge in [-0.05, 0) is 48.6 Å². The van der Waals surface area contributed by atoms with Crippen molar-refractivity contribution in [2.24, 2.45) is 0 Å². The molecule has 13 heteroatoms. The van der Waals surface area contributed by atoms with Crippen LogP contribution < -0.4 is 0 Å². The summed E-state index contributed by atoms with van der Waals surface area (Å²) in [4.78, 5) is 62.4. The van der Waals surface area contributed by atoms with Crippen LogP contribution in [0.2, 0.25) is 0 Å². The SMILES string of the molecule is O=C(O)c1c2nc(c(C(=O)O)c3ccc([nH]3)c(C(=O)O)c3ccc([nH]3)c(C(=O)O)c3nc1C=C3)C=C2.[Co]. The Labute approximate surface area is 215 Å². The monoisotopic (exact) mass is 545 g/mol. The van der Waals surface area contributed by atoms with Gasteiger partial charge in [0.1, 0.15) is 22.3 Å². The van der Waals surface area contributed by atoms with Crippen molar-refractivity contribution in [2.45, 2.75) is 0 Å². The van der Waals surface area contributed by atoms with Crippen molar-refractivity contribution in [3.8, 4) is 0 Å². The number of aromatic carboxylic acids is 4. The number of fused-ring (bicyclic) bond motifs is 8. The van der Waals surface area contributed by atoms with E-state index in [2.05, 4.69) is 19.9 Å². The number of aromatic amines is 2. The maximum atomic E-state index is 12.1. The van der Waals surface area contributed by atoms with E-state index in [1.165, 1.54) is 48.6 Å². The second-order valence-electron chi connectivity index (χ2n) is 7.72. The summed E-state index contributed by atoms with van der Waals surface area (Å²) in [6.45, 7) is 0. The zero-order valence-corrected chi connectivity index (χ0v) is 19.3. The Hall–Kier alpha value is -5.01. The molecule has 0 aromatic carbocycles. The van der Waals surface area contributed by atoms with Gasteiger partial charge in [-0.1, -0.05) is 0 Å². The summed E-state index contributed by atoms with van der Waals surface area (Å²) in [6.07, 6.45) is 5.26. The molecule has 0 atom stereocenters. The molecule has 2 aliphatic rings. The third-order valence-electron chi connectivity index (χ3n) is 5.61. The van der Waals surface area contributed by atoms with Crippen LogP contribution >= 0.6 is 0 Å². The average molecular weight is 545 g/mol. The van der Waals surface area contributed by atoms with Gasteiger partial charge in [-0.2, -0.15) is 0 Å². The number of carbonyl (C=O) groups is 4. The van der Waals surface area contributed by atoms with Crippen molar-refractivity contribution in [3.05, 3.63) is 69.3 Å². The van der Waals surface area contributed by atoms with Crippen LogP contribution in [0.4, 0.5) is 0 Å². The van der Waals surface area contributed by atoms with Crippen LogP contribution in [0.3, 0.4) is 0 Å². The van der Waals surface area contributed by atoms with Gasteiger partial charge in [0.2, 0.25) is 0 Å². The van der Waals surface area contributed by atoms with Crippen molar-refractivity contribution in [3.63, 3.8) is 0 Å². The fourth-order valence-electron chi connectivity index (χ4n) is 4.11. The molecule has 0 saturated carbocycles. The van der Waals surface area contributed by atoms with E-state index in [-0.39, 0.29) is 83.9 Å². The summed E-state index contributed by atoms with van der Waals surface area (Å²) in [5, 5.41) is 39.5. The van der Waals surface area contributed by atoms with Crippen molar-refractivity contribution in [1.29, 1.82) is 0 Å². The largest absolute Gasteiger partial charge is 0.478 e. The van der Waals surface area contributed by atoms with Crippen molar-refractivity contribution >= 4 is 70.2 Å². The van der Waals surface area contributed by atoms with E-state index in [4.69, 9.17) is 0 Å². The molecule has 37 heavy (non-hydrogen) atoms. The number of carboxylic acids is 4. The first-order valence-corrected chi connectivity index (χ1v) is 10.2. The zero-order valence-electron chi connectivity index (χ0n) is 18.3. The minimum absolute atomic E-state index is 0. The van der Waals surface area contributed by atoms with E-state index >= 15 is 0 Å². The first kappa shape index (κ1) is 25.1. The molecule has 6 N–H and O–H groups in total. The van der Waals surface area contributed by atoms with E-state index in [0.717, 1.165) is 0 Å². The predicted molar refractivity (Wildman–Crippen MR) is 127 cm³/mol. The van der Waals surface area contributed by atoms with Gasteiger partial charge in [0.05, 0.1) is 44.8 Å². The third kappa shape index (κ3) is 4.17. The van der Waals surface area contributed by atoms with Crippen molar-refractivity contribution < 1.29 is 56.4 Å². The van der Waals surface area contributed by atoms with Gasteiger partial charge >= 0.3 is 23.9 Å². The molecule has 1 radical (unpaired) electrons. The van der Waals surface area contributed by atoms with E-state index in [0.29, 0.717) is 0 Å². The van der Waals surface area contributed by atoms with Crippen molar-refractivity contribution in [1.82, 2.24) is 19.9 Å². The zero-order chi connectivity index (χ0) is 25.7. The Kier molecular flexibility index (Phi) is 6.25. The van der Waals surface area contributed by atoms with Gasteiger partial charge in [0.25, 0.3) is 0 Å². The Morgan fingerprint density at radius 3 is 1.05 bits per heavy atom. The van der Waals surface area contributed by atoms with Gasteiger partial charge in [0, 0.05) is 16.8 Å². The van der Waals surface area contributed by atoms with Gasteiger partial charge in [-0.15, -0.1) is 0 Å². The fourth-order valence-corrected chi connectivity index (χ4v) is 4.11. The number of rotatable bonds is 4. The molecule has 5 heterocycles. The van der Waals surface area contributed by atoms with Gasteiger partial charge in [0.15, 0.2) is 0 Å². The Morgan fingerprint density at radius 1 is 0.486 bits per heavy atom. The van der Waals surface area contributed by atoms with E-state index in [1.807, 2.05) is 0 Å².